The van der Waals surface area contributed by atoms with E-state index in [1.807, 2.05) is 34.0 Å². The van der Waals surface area contributed by atoms with Crippen LogP contribution < -0.4 is 0 Å². The number of aryl methyl sites for hydroxylation is 2. The Balaban J connectivity index is 1.52. The van der Waals surface area contributed by atoms with Crippen molar-refractivity contribution < 1.29 is 4.79 Å². The van der Waals surface area contributed by atoms with Crippen molar-refractivity contribution in [3.8, 4) is 11.3 Å². The largest absolute Gasteiger partial charge is 0.349 e. The van der Waals surface area contributed by atoms with Crippen molar-refractivity contribution in [1.29, 1.82) is 0 Å². The van der Waals surface area contributed by atoms with E-state index in [1.54, 1.807) is 6.20 Å². The van der Waals surface area contributed by atoms with Crippen molar-refractivity contribution in [1.82, 2.24) is 24.6 Å². The van der Waals surface area contributed by atoms with Gasteiger partial charge in [0.25, 0.3) is 5.91 Å². The quantitative estimate of drug-likeness (QED) is 0.187. The second-order valence-corrected chi connectivity index (χ2v) is 10.6. The third-order valence-electron chi connectivity index (χ3n) is 7.11. The van der Waals surface area contributed by atoms with E-state index < -0.39 is 0 Å². The lowest BCUT2D eigenvalue weighted by molar-refractivity contribution is 0.0736. The molecule has 0 fully saturated rings. The molecule has 5 rings (SSSR count). The molecule has 7 heteroatoms. The molecule has 1 unspecified atom stereocenters. The van der Waals surface area contributed by atoms with Gasteiger partial charge in [-0.05, 0) is 30.5 Å². The third kappa shape index (κ3) is 5.57. The number of imidazole rings is 1. The molecule has 0 bridgehead atoms. The Labute approximate surface area is 227 Å². The third-order valence-corrected chi connectivity index (χ3v) is 7.64. The average molecular weight is 561 g/mol. The molecule has 192 valence electrons. The van der Waals surface area contributed by atoms with Crippen LogP contribution in [0.4, 0.5) is 0 Å². The van der Waals surface area contributed by atoms with Crippen LogP contribution >= 0.6 is 15.9 Å². The Hall–Kier alpha value is -3.19. The Kier molecular flexibility index (Phi) is 8.19. The van der Waals surface area contributed by atoms with Gasteiger partial charge in [0.1, 0.15) is 11.5 Å². The second kappa shape index (κ2) is 11.9. The number of unbranched alkanes of at least 4 members (excludes halogenated alkanes) is 4. The van der Waals surface area contributed by atoms with E-state index in [1.165, 1.54) is 19.3 Å². The predicted octanol–water partition coefficient (Wildman–Crippen LogP) is 7.18. The Bertz CT molecular complexity index is 1300. The van der Waals surface area contributed by atoms with Crippen molar-refractivity contribution in [2.75, 3.05) is 6.54 Å². The van der Waals surface area contributed by atoms with Gasteiger partial charge in [-0.15, -0.1) is 0 Å². The van der Waals surface area contributed by atoms with Crippen molar-refractivity contribution >= 4 is 21.8 Å². The smallest absolute Gasteiger partial charge is 0.273 e. The highest BCUT2D eigenvalue weighted by Gasteiger charge is 2.43. The molecule has 1 N–H and O–H groups in total. The second-order valence-electron chi connectivity index (χ2n) is 9.71. The van der Waals surface area contributed by atoms with Gasteiger partial charge in [-0.3, -0.25) is 9.48 Å². The summed E-state index contributed by atoms with van der Waals surface area (Å²) in [7, 11) is 0. The number of fused-ring (bicyclic) bond motifs is 1. The fraction of sp³-hybridized carbons (Fsp3) is 0.367. The molecule has 1 aliphatic rings. The number of halogens is 1. The molecule has 0 aliphatic carbocycles. The summed E-state index contributed by atoms with van der Waals surface area (Å²) in [6.45, 7) is 3.64. The van der Waals surface area contributed by atoms with Crippen molar-refractivity contribution in [3.05, 3.63) is 94.1 Å². The Morgan fingerprint density at radius 3 is 2.46 bits per heavy atom. The van der Waals surface area contributed by atoms with E-state index in [4.69, 9.17) is 5.10 Å². The van der Waals surface area contributed by atoms with E-state index in [2.05, 4.69) is 69.2 Å². The number of benzene rings is 2. The van der Waals surface area contributed by atoms with Crippen LogP contribution in [0.5, 0.6) is 0 Å². The molecule has 0 saturated carbocycles. The first kappa shape index (κ1) is 25.5. The number of aromatic amines is 1. The first-order valence-corrected chi connectivity index (χ1v) is 14.2. The van der Waals surface area contributed by atoms with Crippen molar-refractivity contribution in [2.24, 2.45) is 0 Å². The number of nitrogens with one attached hydrogen (secondary N) is 1. The number of rotatable bonds is 12. The first-order chi connectivity index (χ1) is 18.2. The summed E-state index contributed by atoms with van der Waals surface area (Å²) in [5, 5.41) is 5.06. The van der Waals surface area contributed by atoms with Gasteiger partial charge in [0.05, 0.1) is 11.7 Å². The number of carbonyl (C=O) groups excluding carboxylic acids is 1. The maximum absolute atomic E-state index is 14.1. The van der Waals surface area contributed by atoms with Gasteiger partial charge in [0.2, 0.25) is 0 Å². The summed E-state index contributed by atoms with van der Waals surface area (Å²) < 4.78 is 3.01. The van der Waals surface area contributed by atoms with E-state index in [9.17, 15) is 4.79 Å². The molecule has 0 saturated heterocycles. The summed E-state index contributed by atoms with van der Waals surface area (Å²) in [5.74, 6) is 1.03. The minimum atomic E-state index is -0.170. The molecule has 4 aromatic rings. The van der Waals surface area contributed by atoms with Gasteiger partial charge in [-0.1, -0.05) is 91.0 Å². The van der Waals surface area contributed by atoms with Gasteiger partial charge in [-0.25, -0.2) is 4.98 Å². The summed E-state index contributed by atoms with van der Waals surface area (Å²) >= 11 is 3.57. The van der Waals surface area contributed by atoms with Gasteiger partial charge >= 0.3 is 0 Å². The van der Waals surface area contributed by atoms with Gasteiger partial charge in [0.15, 0.2) is 0 Å². The maximum atomic E-state index is 14.1. The SMILES string of the molecule is CCCCCCCn1nc(-c2ccccc2)c2c1C(=O)N(CCCc1ncc[nH]1)C2c1ccc(Br)cc1. The number of nitrogens with zero attached hydrogens (tertiary/aromatic N) is 4. The number of amides is 1. The maximum Gasteiger partial charge on any atom is 0.273 e. The minimum absolute atomic E-state index is 0.0746. The van der Waals surface area contributed by atoms with E-state index in [0.29, 0.717) is 6.54 Å². The van der Waals surface area contributed by atoms with Crippen LogP contribution in [0.3, 0.4) is 0 Å². The lowest BCUT2D eigenvalue weighted by Crippen LogP contribution is -2.31. The Morgan fingerprint density at radius 1 is 0.946 bits per heavy atom. The number of hydrogen-bond acceptors (Lipinski definition) is 3. The molecule has 37 heavy (non-hydrogen) atoms. The van der Waals surface area contributed by atoms with Crippen LogP contribution in [0.15, 0.2) is 71.5 Å². The monoisotopic (exact) mass is 559 g/mol. The first-order valence-electron chi connectivity index (χ1n) is 13.4. The number of hydrogen-bond donors (Lipinski definition) is 1. The highest BCUT2D eigenvalue weighted by molar-refractivity contribution is 9.10. The number of H-pyrrole nitrogens is 1. The molecular formula is C30H34BrN5O. The molecule has 1 amide bonds. The van der Waals surface area contributed by atoms with Crippen LogP contribution in [0.2, 0.25) is 0 Å². The molecule has 1 atom stereocenters. The van der Waals surface area contributed by atoms with Gasteiger partial charge in [-0.2, -0.15) is 5.10 Å². The van der Waals surface area contributed by atoms with Crippen LogP contribution in [-0.2, 0) is 13.0 Å². The number of aromatic nitrogens is 4. The summed E-state index contributed by atoms with van der Waals surface area (Å²) in [4.78, 5) is 23.7. The fourth-order valence-corrected chi connectivity index (χ4v) is 5.54. The van der Waals surface area contributed by atoms with E-state index in [0.717, 1.165) is 70.6 Å². The number of carbonyl (C=O) groups is 1. The summed E-state index contributed by atoms with van der Waals surface area (Å²) in [6, 6.07) is 18.5. The molecule has 3 heterocycles. The zero-order chi connectivity index (χ0) is 25.6. The molecule has 6 nitrogen and oxygen atoms in total. The average Bonchev–Trinajstić information content (AvgIpc) is 3.63. The molecule has 1 aliphatic heterocycles. The predicted molar refractivity (Wildman–Crippen MR) is 150 cm³/mol. The Morgan fingerprint density at radius 2 is 1.73 bits per heavy atom. The van der Waals surface area contributed by atoms with E-state index in [-0.39, 0.29) is 11.9 Å². The van der Waals surface area contributed by atoms with Crippen LogP contribution in [0, 0.1) is 0 Å². The highest BCUT2D eigenvalue weighted by Crippen LogP contribution is 2.44. The standard InChI is InChI=1S/C30H34BrN5O/c1-2-3-4-5-9-21-36-29-26(27(34-36)22-11-7-6-8-12-22)28(23-14-16-24(31)17-15-23)35(30(29)37)20-10-13-25-32-18-19-33-25/h6-8,11-12,14-19,28H,2-5,9-10,13,20-21H2,1H3,(H,32,33). The van der Waals surface area contributed by atoms with Crippen LogP contribution in [0.25, 0.3) is 11.3 Å². The topological polar surface area (TPSA) is 66.8 Å². The molecule has 0 radical (unpaired) electrons. The lowest BCUT2D eigenvalue weighted by Gasteiger charge is -2.26. The summed E-state index contributed by atoms with van der Waals surface area (Å²) in [6.07, 6.45) is 11.1. The minimum Gasteiger partial charge on any atom is -0.349 e. The van der Waals surface area contributed by atoms with E-state index >= 15 is 0 Å². The molecule has 2 aromatic heterocycles. The van der Waals surface area contributed by atoms with Crippen molar-refractivity contribution in [2.45, 2.75) is 64.5 Å². The molecular weight excluding hydrogens is 526 g/mol. The normalized spacial score (nSPS) is 14.9. The van der Waals surface area contributed by atoms with Gasteiger partial charge in [0, 0.05) is 47.5 Å². The highest BCUT2D eigenvalue weighted by atomic mass is 79.9. The van der Waals surface area contributed by atoms with Crippen LogP contribution in [-0.4, -0.2) is 37.1 Å². The van der Waals surface area contributed by atoms with Crippen LogP contribution in [0.1, 0.15) is 78.9 Å². The molecule has 2 aromatic carbocycles. The fourth-order valence-electron chi connectivity index (χ4n) is 5.28. The zero-order valence-electron chi connectivity index (χ0n) is 21.4. The van der Waals surface area contributed by atoms with Gasteiger partial charge < -0.3 is 9.88 Å². The lowest BCUT2D eigenvalue weighted by atomic mass is 9.96. The summed E-state index contributed by atoms with van der Waals surface area (Å²) in [5.41, 5.74) is 4.85. The van der Waals surface area contributed by atoms with Crippen molar-refractivity contribution in [3.63, 3.8) is 0 Å². The molecule has 0 spiro atoms. The zero-order valence-corrected chi connectivity index (χ0v) is 23.0.